The number of carbonyl (C=O) groups is 2. The molecule has 0 fully saturated rings. The fourth-order valence-electron chi connectivity index (χ4n) is 2.45. The monoisotopic (exact) mass is 415 g/mol. The number of hydrazone groups is 1. The van der Waals surface area contributed by atoms with Gasteiger partial charge in [-0.25, -0.2) is 5.43 Å². The lowest BCUT2D eigenvalue weighted by Gasteiger charge is -2.11. The lowest BCUT2D eigenvalue weighted by molar-refractivity contribution is -0.119. The van der Waals surface area contributed by atoms with Gasteiger partial charge in [0, 0.05) is 5.56 Å². The summed E-state index contributed by atoms with van der Waals surface area (Å²) in [5, 5.41) is 3.96. The van der Waals surface area contributed by atoms with Crippen molar-refractivity contribution in [3.63, 3.8) is 0 Å². The van der Waals surface area contributed by atoms with E-state index in [1.54, 1.807) is 36.4 Å². The highest BCUT2D eigenvalue weighted by atomic mass is 16.5. The largest absolute Gasteiger partial charge is 0.493 e. The van der Waals surface area contributed by atoms with Gasteiger partial charge in [-0.2, -0.15) is 5.10 Å². The van der Waals surface area contributed by atoms with E-state index in [4.69, 9.17) is 24.7 Å². The van der Waals surface area contributed by atoms with E-state index in [-0.39, 0.29) is 6.61 Å². The Kier molecular flexibility index (Phi) is 8.49. The molecule has 9 heteroatoms. The van der Waals surface area contributed by atoms with Crippen LogP contribution in [0, 0.1) is 0 Å². The number of ether oxygens (including phenoxy) is 4. The highest BCUT2D eigenvalue weighted by Gasteiger charge is 2.11. The second kappa shape index (κ2) is 11.3. The number of hydrogen-bond donors (Lipinski definition) is 2. The van der Waals surface area contributed by atoms with Gasteiger partial charge < -0.3 is 24.7 Å². The summed E-state index contributed by atoms with van der Waals surface area (Å²) in [6.45, 7) is 4.41. The quantitative estimate of drug-likeness (QED) is 0.428. The van der Waals surface area contributed by atoms with Crippen molar-refractivity contribution in [3.05, 3.63) is 47.5 Å². The van der Waals surface area contributed by atoms with Crippen molar-refractivity contribution in [1.82, 2.24) is 5.43 Å². The van der Waals surface area contributed by atoms with Crippen molar-refractivity contribution in [2.24, 2.45) is 10.8 Å². The Morgan fingerprint density at radius 3 is 2.30 bits per heavy atom. The summed E-state index contributed by atoms with van der Waals surface area (Å²) in [7, 11) is 1.47. The molecule has 0 aliphatic heterocycles. The molecule has 0 aliphatic rings. The van der Waals surface area contributed by atoms with E-state index in [0.717, 1.165) is 0 Å². The summed E-state index contributed by atoms with van der Waals surface area (Å²) in [5.41, 5.74) is 8.57. The van der Waals surface area contributed by atoms with Gasteiger partial charge in [-0.05, 0) is 55.8 Å². The number of rotatable bonds is 11. The van der Waals surface area contributed by atoms with Gasteiger partial charge in [0.1, 0.15) is 0 Å². The van der Waals surface area contributed by atoms with Crippen LogP contribution in [-0.2, 0) is 4.79 Å². The second-order valence-electron chi connectivity index (χ2n) is 5.89. The minimum atomic E-state index is -0.591. The van der Waals surface area contributed by atoms with Gasteiger partial charge >= 0.3 is 0 Å². The van der Waals surface area contributed by atoms with Crippen LogP contribution in [0.4, 0.5) is 0 Å². The number of amides is 2. The summed E-state index contributed by atoms with van der Waals surface area (Å²) < 4.78 is 21.5. The smallest absolute Gasteiger partial charge is 0.271 e. The molecule has 2 aromatic carbocycles. The molecule has 0 saturated carbocycles. The fraction of sp³-hybridized carbons (Fsp3) is 0.286. The van der Waals surface area contributed by atoms with E-state index in [1.165, 1.54) is 13.3 Å². The lowest BCUT2D eigenvalue weighted by atomic mass is 10.2. The summed E-state index contributed by atoms with van der Waals surface area (Å²) in [4.78, 5) is 23.2. The Morgan fingerprint density at radius 2 is 1.63 bits per heavy atom. The predicted molar refractivity (Wildman–Crippen MR) is 112 cm³/mol. The third-order valence-electron chi connectivity index (χ3n) is 3.74. The Bertz CT molecular complexity index is 914. The van der Waals surface area contributed by atoms with Crippen molar-refractivity contribution in [2.45, 2.75) is 13.8 Å². The fourth-order valence-corrected chi connectivity index (χ4v) is 2.45. The van der Waals surface area contributed by atoms with E-state index in [1.807, 2.05) is 13.8 Å². The molecule has 0 aliphatic carbocycles. The van der Waals surface area contributed by atoms with Crippen molar-refractivity contribution in [1.29, 1.82) is 0 Å². The van der Waals surface area contributed by atoms with Crippen LogP contribution >= 0.6 is 0 Å². The Labute approximate surface area is 174 Å². The Hall–Kier alpha value is -3.75. The first-order valence-corrected chi connectivity index (χ1v) is 9.30. The van der Waals surface area contributed by atoms with E-state index in [0.29, 0.717) is 47.3 Å². The zero-order chi connectivity index (χ0) is 21.9. The van der Waals surface area contributed by atoms with Crippen LogP contribution in [0.2, 0.25) is 0 Å². The summed E-state index contributed by atoms with van der Waals surface area (Å²) in [5.74, 6) is 0.850. The molecule has 0 saturated heterocycles. The van der Waals surface area contributed by atoms with Gasteiger partial charge in [-0.1, -0.05) is 0 Å². The van der Waals surface area contributed by atoms with E-state index < -0.39 is 11.8 Å². The van der Waals surface area contributed by atoms with Crippen LogP contribution in [0.3, 0.4) is 0 Å². The average molecular weight is 415 g/mol. The third-order valence-corrected chi connectivity index (χ3v) is 3.74. The molecular weight excluding hydrogens is 390 g/mol. The molecule has 9 nitrogen and oxygen atoms in total. The van der Waals surface area contributed by atoms with Crippen LogP contribution in [0.25, 0.3) is 0 Å². The van der Waals surface area contributed by atoms with Crippen LogP contribution in [0.1, 0.15) is 29.8 Å². The van der Waals surface area contributed by atoms with Gasteiger partial charge in [-0.3, -0.25) is 9.59 Å². The molecule has 0 aromatic heterocycles. The standard InChI is InChI=1S/C21H25N3O6/c1-4-28-17-9-7-15(11-19(17)29-5-2)21(26)24-23-12-14-6-8-16(18(10-14)27-3)30-13-20(22)25/h6-12H,4-5,13H2,1-3H3,(H2,22,25)(H,24,26)/b23-12+. The zero-order valence-corrected chi connectivity index (χ0v) is 17.1. The van der Waals surface area contributed by atoms with Crippen molar-refractivity contribution in [2.75, 3.05) is 26.9 Å². The second-order valence-corrected chi connectivity index (χ2v) is 5.89. The minimum absolute atomic E-state index is 0.258. The molecule has 30 heavy (non-hydrogen) atoms. The maximum Gasteiger partial charge on any atom is 0.271 e. The third kappa shape index (κ3) is 6.40. The lowest BCUT2D eigenvalue weighted by Crippen LogP contribution is -2.20. The molecule has 0 unspecified atom stereocenters. The van der Waals surface area contributed by atoms with Gasteiger partial charge in [0.25, 0.3) is 11.8 Å². The predicted octanol–water partition coefficient (Wildman–Crippen LogP) is 2.12. The first-order valence-electron chi connectivity index (χ1n) is 9.30. The van der Waals surface area contributed by atoms with Crippen LogP contribution < -0.4 is 30.1 Å². The summed E-state index contributed by atoms with van der Waals surface area (Å²) >= 11 is 0. The zero-order valence-electron chi connectivity index (χ0n) is 17.1. The summed E-state index contributed by atoms with van der Waals surface area (Å²) in [6.07, 6.45) is 1.45. The highest BCUT2D eigenvalue weighted by Crippen LogP contribution is 2.29. The number of carbonyl (C=O) groups excluding carboxylic acids is 2. The molecule has 0 bridgehead atoms. The van der Waals surface area contributed by atoms with Gasteiger partial charge in [0.15, 0.2) is 29.6 Å². The van der Waals surface area contributed by atoms with Crippen LogP contribution in [0.15, 0.2) is 41.5 Å². The molecule has 3 N–H and O–H groups in total. The maximum atomic E-state index is 12.4. The number of benzene rings is 2. The van der Waals surface area contributed by atoms with E-state index in [9.17, 15) is 9.59 Å². The maximum absolute atomic E-state index is 12.4. The molecule has 2 amide bonds. The molecule has 0 spiro atoms. The van der Waals surface area contributed by atoms with Crippen molar-refractivity contribution >= 4 is 18.0 Å². The normalized spacial score (nSPS) is 10.5. The molecule has 0 radical (unpaired) electrons. The topological polar surface area (TPSA) is 121 Å². The van der Waals surface area contributed by atoms with Gasteiger partial charge in [0.2, 0.25) is 0 Å². The molecule has 0 heterocycles. The van der Waals surface area contributed by atoms with Gasteiger partial charge in [0.05, 0.1) is 26.5 Å². The number of hydrogen-bond acceptors (Lipinski definition) is 7. The minimum Gasteiger partial charge on any atom is -0.493 e. The average Bonchev–Trinajstić information content (AvgIpc) is 2.74. The number of nitrogens with one attached hydrogen (secondary N) is 1. The number of primary amides is 1. The van der Waals surface area contributed by atoms with Crippen LogP contribution in [-0.4, -0.2) is 45.0 Å². The number of nitrogens with zero attached hydrogens (tertiary/aromatic N) is 1. The molecular formula is C21H25N3O6. The Morgan fingerprint density at radius 1 is 0.967 bits per heavy atom. The number of nitrogens with two attached hydrogens (primary N) is 1. The first-order chi connectivity index (χ1) is 14.5. The Balaban J connectivity index is 2.06. The molecule has 160 valence electrons. The van der Waals surface area contributed by atoms with E-state index in [2.05, 4.69) is 10.5 Å². The summed E-state index contributed by atoms with van der Waals surface area (Å²) in [6, 6.07) is 9.88. The molecule has 2 aromatic rings. The van der Waals surface area contributed by atoms with Crippen molar-refractivity contribution in [3.8, 4) is 23.0 Å². The van der Waals surface area contributed by atoms with E-state index >= 15 is 0 Å². The van der Waals surface area contributed by atoms with Crippen LogP contribution in [0.5, 0.6) is 23.0 Å². The molecule has 2 rings (SSSR count). The van der Waals surface area contributed by atoms with Gasteiger partial charge in [-0.15, -0.1) is 0 Å². The first kappa shape index (κ1) is 22.5. The van der Waals surface area contributed by atoms with Crippen molar-refractivity contribution < 1.29 is 28.5 Å². The SMILES string of the molecule is CCOc1ccc(C(=O)N/N=C/c2ccc(OCC(N)=O)c(OC)c2)cc1OCC. The number of methoxy groups -OCH3 is 1. The molecule has 0 atom stereocenters. The highest BCUT2D eigenvalue weighted by molar-refractivity contribution is 5.95.